The summed E-state index contributed by atoms with van der Waals surface area (Å²) in [5.41, 5.74) is -0.126. The van der Waals surface area contributed by atoms with E-state index in [1.165, 1.54) is 16.8 Å². The van der Waals surface area contributed by atoms with Gasteiger partial charge in [-0.2, -0.15) is 18.3 Å². The van der Waals surface area contributed by atoms with Gasteiger partial charge in [0.2, 0.25) is 0 Å². The first-order chi connectivity index (χ1) is 11.9. The van der Waals surface area contributed by atoms with Gasteiger partial charge < -0.3 is 10.1 Å². The van der Waals surface area contributed by atoms with Gasteiger partial charge in [0, 0.05) is 29.8 Å². The van der Waals surface area contributed by atoms with E-state index in [1.807, 2.05) is 0 Å². The van der Waals surface area contributed by atoms with Gasteiger partial charge in [0.1, 0.15) is 5.82 Å². The molecular weight excluding hydrogens is 342 g/mol. The fraction of sp³-hybridized carbons (Fsp3) is 0.375. The summed E-state index contributed by atoms with van der Waals surface area (Å²) >= 11 is 0. The molecule has 25 heavy (non-hydrogen) atoms. The van der Waals surface area contributed by atoms with E-state index >= 15 is 0 Å². The van der Waals surface area contributed by atoms with E-state index in [-0.39, 0.29) is 30.8 Å². The van der Waals surface area contributed by atoms with Crippen LogP contribution in [0.3, 0.4) is 0 Å². The molecule has 1 aromatic carbocycles. The monoisotopic (exact) mass is 357 g/mol. The molecule has 0 unspecified atom stereocenters. The van der Waals surface area contributed by atoms with E-state index < -0.39 is 23.6 Å². The van der Waals surface area contributed by atoms with Crippen molar-refractivity contribution in [3.63, 3.8) is 0 Å². The molecule has 1 amide bonds. The van der Waals surface area contributed by atoms with Gasteiger partial charge in [0.25, 0.3) is 5.91 Å². The first kappa shape index (κ1) is 17.4. The number of carbonyl (C=O) groups is 1. The van der Waals surface area contributed by atoms with Crippen LogP contribution in [0.2, 0.25) is 0 Å². The minimum Gasteiger partial charge on any atom is -0.376 e. The fourth-order valence-electron chi connectivity index (χ4n) is 2.70. The van der Waals surface area contributed by atoms with Crippen LogP contribution in [-0.4, -0.2) is 28.8 Å². The molecule has 2 heterocycles. The molecule has 0 saturated carbocycles. The highest BCUT2D eigenvalue weighted by molar-refractivity contribution is 5.94. The number of aromatic nitrogens is 2. The number of alkyl halides is 3. The summed E-state index contributed by atoms with van der Waals surface area (Å²) in [5, 5.41) is 6.24. The van der Waals surface area contributed by atoms with Crippen LogP contribution in [0.4, 0.5) is 17.6 Å². The Morgan fingerprint density at radius 1 is 1.28 bits per heavy atom. The van der Waals surface area contributed by atoms with Crippen molar-refractivity contribution in [2.24, 2.45) is 0 Å². The van der Waals surface area contributed by atoms with E-state index in [0.717, 1.165) is 12.1 Å². The van der Waals surface area contributed by atoms with Crippen molar-refractivity contribution < 1.29 is 27.1 Å². The Bertz CT molecular complexity index is 769. The maximum absolute atomic E-state index is 13.1. The number of rotatable bonds is 4. The zero-order valence-corrected chi connectivity index (χ0v) is 13.1. The Morgan fingerprint density at radius 3 is 2.68 bits per heavy atom. The van der Waals surface area contributed by atoms with Gasteiger partial charge in [-0.3, -0.25) is 9.48 Å². The molecule has 0 fully saturated rings. The third-order valence-corrected chi connectivity index (χ3v) is 3.88. The number of nitrogens with zero attached hydrogens (tertiary/aromatic N) is 2. The van der Waals surface area contributed by atoms with Crippen molar-refractivity contribution in [1.29, 1.82) is 0 Å². The summed E-state index contributed by atoms with van der Waals surface area (Å²) in [6, 6.07) is 4.99. The molecule has 2 aromatic rings. The third kappa shape index (κ3) is 3.81. The molecule has 0 bridgehead atoms. The van der Waals surface area contributed by atoms with Gasteiger partial charge in [-0.1, -0.05) is 0 Å². The highest BCUT2D eigenvalue weighted by Crippen LogP contribution is 2.34. The number of amides is 1. The average Bonchev–Trinajstić information content (AvgIpc) is 2.95. The molecule has 0 atom stereocenters. The van der Waals surface area contributed by atoms with Crippen molar-refractivity contribution in [2.45, 2.75) is 25.7 Å². The van der Waals surface area contributed by atoms with Gasteiger partial charge in [-0.05, 0) is 24.3 Å². The highest BCUT2D eigenvalue weighted by atomic mass is 19.4. The first-order valence-corrected chi connectivity index (χ1v) is 7.63. The Balaban J connectivity index is 1.68. The molecule has 134 valence electrons. The van der Waals surface area contributed by atoms with Gasteiger partial charge in [-0.25, -0.2) is 4.39 Å². The number of benzene rings is 1. The average molecular weight is 357 g/mol. The van der Waals surface area contributed by atoms with E-state index in [2.05, 4.69) is 10.4 Å². The number of fused-ring (bicyclic) bond motifs is 1. The second-order valence-corrected chi connectivity index (χ2v) is 5.56. The zero-order valence-electron chi connectivity index (χ0n) is 13.1. The molecule has 0 saturated heterocycles. The van der Waals surface area contributed by atoms with Gasteiger partial charge in [-0.15, -0.1) is 0 Å². The summed E-state index contributed by atoms with van der Waals surface area (Å²) < 4.78 is 58.4. The second-order valence-electron chi connectivity index (χ2n) is 5.56. The molecule has 0 aliphatic carbocycles. The minimum absolute atomic E-state index is 0.0589. The second kappa shape index (κ2) is 6.83. The number of nitrogens with one attached hydrogen (secondary N) is 1. The van der Waals surface area contributed by atoms with E-state index in [0.29, 0.717) is 18.7 Å². The van der Waals surface area contributed by atoms with E-state index in [4.69, 9.17) is 4.74 Å². The predicted molar refractivity (Wildman–Crippen MR) is 79.3 cm³/mol. The van der Waals surface area contributed by atoms with Crippen LogP contribution in [0, 0.1) is 5.82 Å². The standard InChI is InChI=1S/C16H15F4N3O2/c17-11-3-1-10(2-4-11)15(24)21-6-7-23-13-5-8-25-9-12(13)14(22-23)16(18,19)20/h1-4H,5-9H2,(H,21,24). The summed E-state index contributed by atoms with van der Waals surface area (Å²) in [7, 11) is 0. The van der Waals surface area contributed by atoms with Crippen LogP contribution in [-0.2, 0) is 30.5 Å². The number of carbonyl (C=O) groups excluding carboxylic acids is 1. The Hall–Kier alpha value is -2.42. The fourth-order valence-corrected chi connectivity index (χ4v) is 2.70. The Labute approximate surface area is 140 Å². The lowest BCUT2D eigenvalue weighted by Gasteiger charge is -2.15. The smallest absolute Gasteiger partial charge is 0.376 e. The van der Waals surface area contributed by atoms with Crippen LogP contribution in [0.25, 0.3) is 0 Å². The van der Waals surface area contributed by atoms with Crippen molar-refractivity contribution in [1.82, 2.24) is 15.1 Å². The normalized spacial score (nSPS) is 14.2. The summed E-state index contributed by atoms with van der Waals surface area (Å²) in [6.07, 6.45) is -4.21. The number of ether oxygens (including phenoxy) is 1. The molecular formula is C16H15F4N3O2. The molecule has 1 aromatic heterocycles. The molecule has 1 aliphatic rings. The van der Waals surface area contributed by atoms with Crippen molar-refractivity contribution in [3.05, 3.63) is 52.6 Å². The molecule has 0 spiro atoms. The lowest BCUT2D eigenvalue weighted by molar-refractivity contribution is -0.142. The van der Waals surface area contributed by atoms with Crippen molar-refractivity contribution >= 4 is 5.91 Å². The molecule has 0 radical (unpaired) electrons. The maximum Gasteiger partial charge on any atom is 0.435 e. The van der Waals surface area contributed by atoms with Crippen LogP contribution < -0.4 is 5.32 Å². The van der Waals surface area contributed by atoms with Crippen molar-refractivity contribution in [3.8, 4) is 0 Å². The third-order valence-electron chi connectivity index (χ3n) is 3.88. The van der Waals surface area contributed by atoms with Gasteiger partial charge in [0.05, 0.1) is 19.8 Å². The van der Waals surface area contributed by atoms with E-state index in [1.54, 1.807) is 0 Å². The Morgan fingerprint density at radius 2 is 2.00 bits per heavy atom. The molecule has 1 aliphatic heterocycles. The largest absolute Gasteiger partial charge is 0.435 e. The molecule has 1 N–H and O–H groups in total. The van der Waals surface area contributed by atoms with E-state index in [9.17, 15) is 22.4 Å². The summed E-state index contributed by atoms with van der Waals surface area (Å²) in [5.74, 6) is -0.887. The maximum atomic E-state index is 13.1. The lowest BCUT2D eigenvalue weighted by Crippen LogP contribution is -2.28. The minimum atomic E-state index is -4.55. The van der Waals surface area contributed by atoms with Crippen LogP contribution in [0.1, 0.15) is 27.3 Å². The van der Waals surface area contributed by atoms with Gasteiger partial charge >= 0.3 is 6.18 Å². The quantitative estimate of drug-likeness (QED) is 0.856. The molecule has 9 heteroatoms. The number of hydrogen-bond donors (Lipinski definition) is 1. The zero-order chi connectivity index (χ0) is 18.0. The van der Waals surface area contributed by atoms with Crippen molar-refractivity contribution in [2.75, 3.05) is 13.2 Å². The molecule has 5 nitrogen and oxygen atoms in total. The molecule has 3 rings (SSSR count). The number of hydrogen-bond acceptors (Lipinski definition) is 3. The summed E-state index contributed by atoms with van der Waals surface area (Å²) in [4.78, 5) is 11.9. The van der Waals surface area contributed by atoms with Crippen LogP contribution in [0.5, 0.6) is 0 Å². The SMILES string of the molecule is O=C(NCCn1nc(C(F)(F)F)c2c1CCOC2)c1ccc(F)cc1. The van der Waals surface area contributed by atoms with Gasteiger partial charge in [0.15, 0.2) is 5.69 Å². The topological polar surface area (TPSA) is 56.2 Å². The number of halogens is 4. The Kier molecular flexibility index (Phi) is 4.76. The van der Waals surface area contributed by atoms with Crippen LogP contribution >= 0.6 is 0 Å². The first-order valence-electron chi connectivity index (χ1n) is 7.63. The summed E-state index contributed by atoms with van der Waals surface area (Å²) in [6.45, 7) is 0.415. The van der Waals surface area contributed by atoms with Crippen LogP contribution in [0.15, 0.2) is 24.3 Å². The lowest BCUT2D eigenvalue weighted by atomic mass is 10.1. The predicted octanol–water partition coefficient (Wildman–Crippen LogP) is 2.54. The highest BCUT2D eigenvalue weighted by Gasteiger charge is 2.39.